The molecule has 0 fully saturated rings. The second-order valence-corrected chi connectivity index (χ2v) is 23.8. The number of carbonyl (C=O) groups is 10. The summed E-state index contributed by atoms with van der Waals surface area (Å²) in [6, 6.07) is 5.57. The summed E-state index contributed by atoms with van der Waals surface area (Å²) in [6.07, 6.45) is 5.78. The van der Waals surface area contributed by atoms with Gasteiger partial charge in [-0.2, -0.15) is 0 Å². The van der Waals surface area contributed by atoms with Gasteiger partial charge < -0.3 is 87.4 Å². The van der Waals surface area contributed by atoms with E-state index in [1.807, 2.05) is 0 Å². The van der Waals surface area contributed by atoms with Crippen LogP contribution >= 0.6 is 0 Å². The van der Waals surface area contributed by atoms with Crippen molar-refractivity contribution in [2.24, 2.45) is 52.2 Å². The highest BCUT2D eigenvalue weighted by Gasteiger charge is 2.37. The van der Waals surface area contributed by atoms with Gasteiger partial charge in [0, 0.05) is 12.8 Å². The number of carbonyl (C=O) groups excluding carboxylic acids is 9. The molecule has 500 valence electrons. The van der Waals surface area contributed by atoms with Crippen molar-refractivity contribution >= 4 is 59.1 Å². The Labute approximate surface area is 525 Å². The number of benzene rings is 2. The lowest BCUT2D eigenvalue weighted by Crippen LogP contribution is -2.62. The van der Waals surface area contributed by atoms with Crippen LogP contribution in [0.4, 0.5) is 0 Å². The fourth-order valence-corrected chi connectivity index (χ4v) is 9.77. The normalized spacial score (nSPS) is 14.7. The van der Waals surface area contributed by atoms with Gasteiger partial charge in [-0.3, -0.25) is 43.2 Å². The minimum Gasteiger partial charge on any atom is -0.480 e. The molecule has 2 aromatic carbocycles. The smallest absolute Gasteiger partial charge is 0.326 e. The van der Waals surface area contributed by atoms with Gasteiger partial charge in [0.2, 0.25) is 53.2 Å². The predicted octanol–water partition coefficient (Wildman–Crippen LogP) is -0.140. The Morgan fingerprint density at radius 3 is 0.910 bits per heavy atom. The Hall–Kier alpha value is -7.10. The molecule has 22 N–H and O–H groups in total. The number of nitrogens with one attached hydrogen (secondary N) is 9. The average molecular weight is 1250 g/mol. The molecule has 26 heteroatoms. The Morgan fingerprint density at radius 2 is 0.573 bits per heavy atom. The lowest BCUT2D eigenvalue weighted by Gasteiger charge is -2.30. The second kappa shape index (κ2) is 43.5. The summed E-state index contributed by atoms with van der Waals surface area (Å²) >= 11 is 0. The number of amides is 9. The summed E-state index contributed by atoms with van der Waals surface area (Å²) in [5.41, 5.74) is 36.1. The quantitative estimate of drug-likeness (QED) is 0.0384. The summed E-state index contributed by atoms with van der Waals surface area (Å²) in [6.45, 7) is 11.9. The molecule has 0 saturated carbocycles. The summed E-state index contributed by atoms with van der Waals surface area (Å²) in [7, 11) is 0. The van der Waals surface area contributed by atoms with Crippen LogP contribution in [-0.4, -0.2) is 157 Å². The van der Waals surface area contributed by atoms with Gasteiger partial charge in [0.15, 0.2) is 0 Å². The van der Waals surface area contributed by atoms with Crippen molar-refractivity contribution in [3.05, 3.63) is 71.8 Å². The first-order valence-electron chi connectivity index (χ1n) is 31.7. The molecule has 0 radical (unpaired) electrons. The molecule has 0 spiro atoms. The van der Waals surface area contributed by atoms with E-state index in [0.717, 1.165) is 0 Å². The first-order chi connectivity index (χ1) is 42.4. The summed E-state index contributed by atoms with van der Waals surface area (Å²) in [4.78, 5) is 140. The number of rotatable bonds is 46. The van der Waals surface area contributed by atoms with Crippen molar-refractivity contribution in [2.45, 2.75) is 211 Å². The highest BCUT2D eigenvalue weighted by Crippen LogP contribution is 2.15. The molecule has 0 bridgehead atoms. The number of carboxylic acids is 1. The van der Waals surface area contributed by atoms with Crippen LogP contribution in [0.3, 0.4) is 0 Å². The van der Waals surface area contributed by atoms with Crippen molar-refractivity contribution < 1.29 is 53.1 Å². The van der Waals surface area contributed by atoms with E-state index in [4.69, 9.17) is 34.4 Å². The summed E-state index contributed by atoms with van der Waals surface area (Å²) < 4.78 is 0. The second-order valence-electron chi connectivity index (χ2n) is 23.8. The van der Waals surface area contributed by atoms with Crippen LogP contribution in [-0.2, 0) is 60.8 Å². The van der Waals surface area contributed by atoms with Gasteiger partial charge in [-0.25, -0.2) is 4.79 Å². The van der Waals surface area contributed by atoms with Crippen LogP contribution < -0.4 is 82.3 Å². The molecule has 2 aromatic rings. The maximum atomic E-state index is 14.7. The van der Waals surface area contributed by atoms with E-state index in [2.05, 4.69) is 47.9 Å². The molecule has 9 amide bonds. The minimum absolute atomic E-state index is 0.0155. The van der Waals surface area contributed by atoms with E-state index >= 15 is 0 Å². The summed E-state index contributed by atoms with van der Waals surface area (Å²) in [5.74, 6) is -9.26. The Kier molecular flexibility index (Phi) is 38.2. The molecule has 0 heterocycles. The van der Waals surface area contributed by atoms with Crippen molar-refractivity contribution in [3.63, 3.8) is 0 Å². The highest BCUT2D eigenvalue weighted by atomic mass is 16.4. The molecule has 2 rings (SSSR count). The van der Waals surface area contributed by atoms with Gasteiger partial charge in [-0.1, -0.05) is 109 Å². The van der Waals surface area contributed by atoms with Crippen molar-refractivity contribution in [2.75, 3.05) is 32.7 Å². The van der Waals surface area contributed by atoms with Crippen LogP contribution in [0.1, 0.15) is 149 Å². The molecule has 0 aliphatic carbocycles. The van der Waals surface area contributed by atoms with Crippen LogP contribution in [0.25, 0.3) is 0 Å². The van der Waals surface area contributed by atoms with Crippen LogP contribution in [0, 0.1) is 17.8 Å². The topological polar surface area (TPSA) is 455 Å². The first kappa shape index (κ1) is 78.0. The molecule has 0 saturated heterocycles. The zero-order valence-electron chi connectivity index (χ0n) is 53.3. The Balaban J connectivity index is 2.48. The SMILES string of the molecule is CC(C)[C@H](NC(=O)[C@H](CCCCN)NC(=O)[C@H](Cc1ccccc1)NC(=O)[C@@H](NC(=O)[C@@H](NC(=O)[C@H](CCCCN)NC(=O)[C@H](N)CCCCN)C(C)C)C(C)C)C(=O)N[C@@H](CCCCN)C(=O)N[C@@H](Cc1ccccc1)C(=O)N[C@H](CCCCN)C(=O)O. The number of carboxylic acid groups (broad SMARTS) is 1. The van der Waals surface area contributed by atoms with Gasteiger partial charge in [-0.05, 0) is 151 Å². The Bertz CT molecular complexity index is 2470. The van der Waals surface area contributed by atoms with Crippen LogP contribution in [0.5, 0.6) is 0 Å². The third kappa shape index (κ3) is 29.8. The number of hydrogen-bond donors (Lipinski definition) is 16. The minimum atomic E-state index is -1.33. The van der Waals surface area contributed by atoms with Gasteiger partial charge in [0.05, 0.1) is 6.04 Å². The molecule has 0 aliphatic rings. The zero-order chi connectivity index (χ0) is 66.4. The molecule has 10 atom stereocenters. The van der Waals surface area contributed by atoms with Crippen molar-refractivity contribution in [3.8, 4) is 0 Å². The first-order valence-corrected chi connectivity index (χ1v) is 31.7. The standard InChI is InChI=1S/C63H107N15O11/c1-39(2)51(60(85)72-45(28-14-19-33-65)55(80)74-49(37-42-23-9-7-10-24-42)59(84)73-48(63(88)89)31-17-22-36-68)76-57(82)47(30-16-21-35-67)71-58(83)50(38-43-25-11-8-12-26-43)75-61(86)52(40(3)4)78-62(87)53(41(5)6)77-56(81)46(29-15-20-34-66)70-54(79)44(69)27-13-18-32-64/h7-12,23-26,39-41,44-53H,13-22,27-38,64-69H2,1-6H3,(H,70,79)(H,71,83)(H,72,85)(H,73,84)(H,74,80)(H,75,86)(H,76,82)(H,77,81)(H,78,87)(H,88,89)/t44-,45+,46+,47+,48-,49+,50+,51+,52+,53+/m1/s1. The molecule has 0 unspecified atom stereocenters. The fraction of sp³-hybridized carbons (Fsp3) is 0.651. The molecule has 26 nitrogen and oxygen atoms in total. The van der Waals surface area contributed by atoms with E-state index in [1.54, 1.807) is 102 Å². The maximum Gasteiger partial charge on any atom is 0.326 e. The number of unbranched alkanes of at least 4 members (excludes halogenated alkanes) is 5. The van der Waals surface area contributed by atoms with Gasteiger partial charge in [-0.15, -0.1) is 0 Å². The van der Waals surface area contributed by atoms with E-state index in [1.165, 1.54) is 0 Å². The van der Waals surface area contributed by atoms with E-state index in [0.29, 0.717) is 101 Å². The molecular weight excluding hydrogens is 1140 g/mol. The Morgan fingerprint density at radius 1 is 0.326 bits per heavy atom. The molecule has 0 aromatic heterocycles. The third-order valence-electron chi connectivity index (χ3n) is 15.2. The third-order valence-corrected chi connectivity index (χ3v) is 15.2. The van der Waals surface area contributed by atoms with Gasteiger partial charge in [0.1, 0.15) is 54.4 Å². The maximum absolute atomic E-state index is 14.7. The van der Waals surface area contributed by atoms with E-state index in [9.17, 15) is 53.1 Å². The van der Waals surface area contributed by atoms with Gasteiger partial charge in [0.25, 0.3) is 0 Å². The van der Waals surface area contributed by atoms with Crippen LogP contribution in [0.2, 0.25) is 0 Å². The molecular formula is C63H107N15O11. The van der Waals surface area contributed by atoms with Gasteiger partial charge >= 0.3 is 5.97 Å². The highest BCUT2D eigenvalue weighted by molar-refractivity contribution is 5.99. The van der Waals surface area contributed by atoms with Crippen LogP contribution in [0.15, 0.2) is 60.7 Å². The fourth-order valence-electron chi connectivity index (χ4n) is 9.77. The average Bonchev–Trinajstić information content (AvgIpc) is 3.56. The monoisotopic (exact) mass is 1250 g/mol. The number of hydrogen-bond acceptors (Lipinski definition) is 16. The summed E-state index contributed by atoms with van der Waals surface area (Å²) in [5, 5.41) is 34.8. The van der Waals surface area contributed by atoms with Crippen molar-refractivity contribution in [1.82, 2.24) is 47.9 Å². The largest absolute Gasteiger partial charge is 0.480 e. The molecule has 0 aliphatic heterocycles. The van der Waals surface area contributed by atoms with Crippen molar-refractivity contribution in [1.29, 1.82) is 0 Å². The van der Waals surface area contributed by atoms with E-state index in [-0.39, 0.29) is 51.6 Å². The lowest BCUT2D eigenvalue weighted by atomic mass is 9.98. The zero-order valence-corrected chi connectivity index (χ0v) is 53.3. The van der Waals surface area contributed by atoms with E-state index < -0.39 is 137 Å². The molecule has 89 heavy (non-hydrogen) atoms. The predicted molar refractivity (Wildman–Crippen MR) is 342 cm³/mol. The number of aliphatic carboxylic acids is 1. The number of nitrogens with two attached hydrogens (primary N) is 6. The lowest BCUT2D eigenvalue weighted by molar-refractivity contribution is -0.142.